The maximum Gasteiger partial charge on any atom is 0.317 e. The van der Waals surface area contributed by atoms with E-state index in [0.717, 1.165) is 0 Å². The molecular weight excluding hydrogens is 212 g/mol. The van der Waals surface area contributed by atoms with E-state index >= 15 is 0 Å². The predicted molar refractivity (Wildman–Crippen MR) is 59.4 cm³/mol. The lowest BCUT2D eigenvalue weighted by Crippen LogP contribution is -2.39. The van der Waals surface area contributed by atoms with Crippen molar-refractivity contribution in [3.8, 4) is 0 Å². The first kappa shape index (κ1) is 14.9. The highest BCUT2D eigenvalue weighted by Crippen LogP contribution is 2.00. The van der Waals surface area contributed by atoms with Crippen molar-refractivity contribution in [1.82, 2.24) is 9.80 Å². The largest absolute Gasteiger partial charge is 0.481 e. The van der Waals surface area contributed by atoms with E-state index in [1.807, 2.05) is 19.0 Å². The molecule has 6 nitrogen and oxygen atoms in total. The Morgan fingerprint density at radius 3 is 2.12 bits per heavy atom. The topological polar surface area (TPSA) is 81.1 Å². The van der Waals surface area contributed by atoms with Crippen molar-refractivity contribution < 1.29 is 19.8 Å². The molecule has 0 aliphatic rings. The fraction of sp³-hybridized carbons (Fsp3) is 0.800. The van der Waals surface area contributed by atoms with E-state index < -0.39 is 17.9 Å². The van der Waals surface area contributed by atoms with Gasteiger partial charge in [0.1, 0.15) is 0 Å². The molecule has 0 radical (unpaired) electrons. The molecule has 0 rings (SSSR count). The number of likely N-dealkylation sites (N-methyl/N-ethyl adjacent to an activating group) is 1. The van der Waals surface area contributed by atoms with E-state index in [4.69, 9.17) is 10.2 Å². The molecule has 6 heteroatoms. The van der Waals surface area contributed by atoms with E-state index in [9.17, 15) is 9.59 Å². The first-order chi connectivity index (χ1) is 7.32. The van der Waals surface area contributed by atoms with Crippen molar-refractivity contribution >= 4 is 11.9 Å². The number of hydrogen-bond acceptors (Lipinski definition) is 4. The van der Waals surface area contributed by atoms with Crippen LogP contribution in [0.4, 0.5) is 0 Å². The Labute approximate surface area is 95.5 Å². The van der Waals surface area contributed by atoms with Crippen molar-refractivity contribution in [2.24, 2.45) is 5.92 Å². The Hall–Kier alpha value is -1.14. The highest BCUT2D eigenvalue weighted by Gasteiger charge is 2.17. The molecule has 0 fully saturated rings. The quantitative estimate of drug-likeness (QED) is 0.595. The Kier molecular flexibility index (Phi) is 6.67. The monoisotopic (exact) mass is 232 g/mol. The van der Waals surface area contributed by atoms with Gasteiger partial charge in [0.15, 0.2) is 0 Å². The molecule has 16 heavy (non-hydrogen) atoms. The number of rotatable bonds is 8. The van der Waals surface area contributed by atoms with Gasteiger partial charge in [0.25, 0.3) is 0 Å². The molecule has 0 aliphatic carbocycles. The van der Waals surface area contributed by atoms with Crippen molar-refractivity contribution in [1.29, 1.82) is 0 Å². The predicted octanol–water partition coefficient (Wildman–Crippen LogP) is -0.345. The third kappa shape index (κ3) is 7.19. The van der Waals surface area contributed by atoms with Crippen LogP contribution in [-0.4, -0.2) is 72.2 Å². The van der Waals surface area contributed by atoms with Gasteiger partial charge >= 0.3 is 11.9 Å². The van der Waals surface area contributed by atoms with Crippen LogP contribution in [0.5, 0.6) is 0 Å². The molecule has 0 saturated carbocycles. The number of hydrogen-bond donors (Lipinski definition) is 2. The van der Waals surface area contributed by atoms with Gasteiger partial charge in [-0.1, -0.05) is 6.92 Å². The molecule has 0 aliphatic heterocycles. The van der Waals surface area contributed by atoms with Gasteiger partial charge in [0, 0.05) is 19.6 Å². The van der Waals surface area contributed by atoms with Crippen molar-refractivity contribution in [3.63, 3.8) is 0 Å². The molecule has 1 unspecified atom stereocenters. The summed E-state index contributed by atoms with van der Waals surface area (Å²) in [6.07, 6.45) is 0. The van der Waals surface area contributed by atoms with Crippen LogP contribution in [0.2, 0.25) is 0 Å². The molecule has 0 spiro atoms. The Balaban J connectivity index is 4.19. The van der Waals surface area contributed by atoms with Gasteiger partial charge in [-0.2, -0.15) is 0 Å². The Bertz CT molecular complexity index is 243. The summed E-state index contributed by atoms with van der Waals surface area (Å²) in [6.45, 7) is 2.98. The van der Waals surface area contributed by atoms with Crippen LogP contribution in [0.15, 0.2) is 0 Å². The molecule has 2 N–H and O–H groups in total. The lowest BCUT2D eigenvalue weighted by molar-refractivity contribution is -0.144. The van der Waals surface area contributed by atoms with Crippen molar-refractivity contribution in [3.05, 3.63) is 0 Å². The Morgan fingerprint density at radius 2 is 1.75 bits per heavy atom. The lowest BCUT2D eigenvalue weighted by atomic mass is 10.1. The highest BCUT2D eigenvalue weighted by molar-refractivity contribution is 5.71. The van der Waals surface area contributed by atoms with Gasteiger partial charge in [-0.05, 0) is 14.1 Å². The highest BCUT2D eigenvalue weighted by atomic mass is 16.4. The van der Waals surface area contributed by atoms with Gasteiger partial charge in [0.2, 0.25) is 0 Å². The second-order valence-electron chi connectivity index (χ2n) is 4.17. The van der Waals surface area contributed by atoms with Crippen LogP contribution < -0.4 is 0 Å². The fourth-order valence-electron chi connectivity index (χ4n) is 1.23. The standard InChI is InChI=1S/C10H20N2O4/c1-8(10(15)16)6-12(7-9(13)14)5-4-11(2)3/h8H,4-7H2,1-3H3,(H,13,14)(H,15,16). The van der Waals surface area contributed by atoms with E-state index in [-0.39, 0.29) is 13.1 Å². The van der Waals surface area contributed by atoms with Gasteiger partial charge in [0.05, 0.1) is 12.5 Å². The molecule has 1 atom stereocenters. The zero-order valence-electron chi connectivity index (χ0n) is 10.0. The number of carboxylic acids is 2. The molecule has 0 amide bonds. The minimum Gasteiger partial charge on any atom is -0.481 e. The van der Waals surface area contributed by atoms with Crippen LogP contribution in [-0.2, 0) is 9.59 Å². The summed E-state index contributed by atoms with van der Waals surface area (Å²) in [7, 11) is 3.78. The van der Waals surface area contributed by atoms with Crippen molar-refractivity contribution in [2.45, 2.75) is 6.92 Å². The first-order valence-corrected chi connectivity index (χ1v) is 5.14. The summed E-state index contributed by atoms with van der Waals surface area (Å²) in [5.41, 5.74) is 0. The van der Waals surface area contributed by atoms with Crippen LogP contribution in [0.3, 0.4) is 0 Å². The summed E-state index contributed by atoms with van der Waals surface area (Å²) < 4.78 is 0. The third-order valence-electron chi connectivity index (χ3n) is 2.18. The third-order valence-corrected chi connectivity index (χ3v) is 2.18. The molecular formula is C10H20N2O4. The number of carboxylic acid groups (broad SMARTS) is 2. The minimum atomic E-state index is -0.934. The summed E-state index contributed by atoms with van der Waals surface area (Å²) in [5, 5.41) is 17.5. The summed E-state index contributed by atoms with van der Waals surface area (Å²) in [4.78, 5) is 24.8. The maximum atomic E-state index is 10.7. The van der Waals surface area contributed by atoms with Crippen molar-refractivity contribution in [2.75, 3.05) is 40.3 Å². The van der Waals surface area contributed by atoms with E-state index in [1.165, 1.54) is 0 Å². The second-order valence-corrected chi connectivity index (χ2v) is 4.17. The van der Waals surface area contributed by atoms with E-state index in [2.05, 4.69) is 0 Å². The summed E-state index contributed by atoms with van der Waals surface area (Å²) >= 11 is 0. The minimum absolute atomic E-state index is 0.120. The van der Waals surface area contributed by atoms with Gasteiger partial charge < -0.3 is 15.1 Å². The van der Waals surface area contributed by atoms with E-state index in [1.54, 1.807) is 11.8 Å². The Morgan fingerprint density at radius 1 is 1.19 bits per heavy atom. The zero-order valence-corrected chi connectivity index (χ0v) is 10.0. The maximum absolute atomic E-state index is 10.7. The normalized spacial score (nSPS) is 13.1. The first-order valence-electron chi connectivity index (χ1n) is 5.14. The average Bonchev–Trinajstić information content (AvgIpc) is 2.12. The smallest absolute Gasteiger partial charge is 0.317 e. The number of aliphatic carboxylic acids is 2. The lowest BCUT2D eigenvalue weighted by Gasteiger charge is -2.23. The van der Waals surface area contributed by atoms with Crippen LogP contribution in [0.1, 0.15) is 6.92 Å². The van der Waals surface area contributed by atoms with Gasteiger partial charge in [-0.25, -0.2) is 0 Å². The zero-order chi connectivity index (χ0) is 12.7. The molecule has 0 aromatic heterocycles. The van der Waals surface area contributed by atoms with E-state index in [0.29, 0.717) is 13.1 Å². The van der Waals surface area contributed by atoms with Crippen LogP contribution >= 0.6 is 0 Å². The molecule has 0 bridgehead atoms. The summed E-state index contributed by atoms with van der Waals surface area (Å²) in [5.74, 6) is -2.39. The average molecular weight is 232 g/mol. The summed E-state index contributed by atoms with van der Waals surface area (Å²) in [6, 6.07) is 0. The fourth-order valence-corrected chi connectivity index (χ4v) is 1.23. The van der Waals surface area contributed by atoms with Crippen LogP contribution in [0, 0.1) is 5.92 Å². The molecule has 0 heterocycles. The molecule has 0 saturated heterocycles. The molecule has 94 valence electrons. The SMILES string of the molecule is CC(CN(CCN(C)C)CC(=O)O)C(=O)O. The van der Waals surface area contributed by atoms with Gasteiger partial charge in [-0.3, -0.25) is 14.5 Å². The number of nitrogens with zero attached hydrogens (tertiary/aromatic N) is 2. The molecule has 0 aromatic carbocycles. The van der Waals surface area contributed by atoms with Gasteiger partial charge in [-0.15, -0.1) is 0 Å². The molecule has 0 aromatic rings. The second kappa shape index (κ2) is 7.19. The number of carbonyl (C=O) groups is 2. The van der Waals surface area contributed by atoms with Crippen LogP contribution in [0.25, 0.3) is 0 Å².